The van der Waals surface area contributed by atoms with E-state index < -0.39 is 10.0 Å². The van der Waals surface area contributed by atoms with Gasteiger partial charge in [-0.25, -0.2) is 8.42 Å². The van der Waals surface area contributed by atoms with Crippen LogP contribution in [0.1, 0.15) is 12.8 Å². The van der Waals surface area contributed by atoms with E-state index >= 15 is 0 Å². The lowest BCUT2D eigenvalue weighted by molar-refractivity contribution is 0.127. The Balaban J connectivity index is 2.09. The van der Waals surface area contributed by atoms with Crippen molar-refractivity contribution in [2.45, 2.75) is 18.9 Å². The van der Waals surface area contributed by atoms with Crippen LogP contribution >= 0.6 is 11.6 Å². The van der Waals surface area contributed by atoms with Crippen molar-refractivity contribution in [1.29, 1.82) is 0 Å². The molecule has 1 aliphatic rings. The number of hydrogen-bond donors (Lipinski definition) is 2. The van der Waals surface area contributed by atoms with E-state index in [9.17, 15) is 8.42 Å². The van der Waals surface area contributed by atoms with Gasteiger partial charge in [-0.05, 0) is 31.0 Å². The zero-order valence-corrected chi connectivity index (χ0v) is 11.3. The standard InChI is InChI=1S/C11H15ClN2O3S/c12-10-4-3-8(13)6-11(10)14-18(15,16)7-9-2-1-5-17-9/h3-4,6,9,14H,1-2,5,7,13H2. The predicted molar refractivity (Wildman–Crippen MR) is 72.2 cm³/mol. The predicted octanol–water partition coefficient (Wildman–Crippen LogP) is 1.84. The summed E-state index contributed by atoms with van der Waals surface area (Å²) in [6.45, 7) is 0.624. The average molecular weight is 291 g/mol. The molecule has 1 unspecified atom stereocenters. The van der Waals surface area contributed by atoms with Crippen LogP contribution in [0.5, 0.6) is 0 Å². The van der Waals surface area contributed by atoms with Crippen LogP contribution in [0.15, 0.2) is 18.2 Å². The molecule has 0 radical (unpaired) electrons. The number of benzene rings is 1. The lowest BCUT2D eigenvalue weighted by Gasteiger charge is -2.13. The van der Waals surface area contributed by atoms with Crippen molar-refractivity contribution in [3.05, 3.63) is 23.2 Å². The van der Waals surface area contributed by atoms with Gasteiger partial charge < -0.3 is 10.5 Å². The molecule has 1 aliphatic heterocycles. The maximum atomic E-state index is 11.9. The van der Waals surface area contributed by atoms with Gasteiger partial charge in [0.1, 0.15) is 0 Å². The van der Waals surface area contributed by atoms with E-state index in [1.165, 1.54) is 6.07 Å². The van der Waals surface area contributed by atoms with Crippen LogP contribution in [0.2, 0.25) is 5.02 Å². The molecule has 0 saturated carbocycles. The van der Waals surface area contributed by atoms with E-state index in [1.54, 1.807) is 12.1 Å². The monoisotopic (exact) mass is 290 g/mol. The zero-order chi connectivity index (χ0) is 13.2. The largest absolute Gasteiger partial charge is 0.399 e. The topological polar surface area (TPSA) is 81.4 Å². The van der Waals surface area contributed by atoms with Crippen molar-refractivity contribution >= 4 is 33.0 Å². The molecule has 1 aromatic rings. The highest BCUT2D eigenvalue weighted by molar-refractivity contribution is 7.92. The fourth-order valence-electron chi connectivity index (χ4n) is 1.85. The molecule has 7 heteroatoms. The number of sulfonamides is 1. The number of nitrogens with one attached hydrogen (secondary N) is 1. The summed E-state index contributed by atoms with van der Waals surface area (Å²) in [5.41, 5.74) is 6.35. The highest BCUT2D eigenvalue weighted by atomic mass is 35.5. The van der Waals surface area contributed by atoms with Crippen LogP contribution in [0.25, 0.3) is 0 Å². The number of anilines is 2. The van der Waals surface area contributed by atoms with Crippen LogP contribution < -0.4 is 10.5 Å². The summed E-state index contributed by atoms with van der Waals surface area (Å²) in [6.07, 6.45) is 1.44. The summed E-state index contributed by atoms with van der Waals surface area (Å²) in [7, 11) is -3.47. The lowest BCUT2D eigenvalue weighted by atomic mass is 10.3. The Kier molecular flexibility index (Phi) is 3.99. The molecule has 1 saturated heterocycles. The molecule has 0 amide bonds. The Hall–Kier alpha value is -0.980. The number of rotatable bonds is 4. The van der Waals surface area contributed by atoms with Crippen molar-refractivity contribution in [2.75, 3.05) is 22.8 Å². The fourth-order valence-corrected chi connectivity index (χ4v) is 3.41. The van der Waals surface area contributed by atoms with E-state index in [-0.39, 0.29) is 11.9 Å². The third-order valence-electron chi connectivity index (χ3n) is 2.69. The fraction of sp³-hybridized carbons (Fsp3) is 0.455. The van der Waals surface area contributed by atoms with Crippen LogP contribution in [0.4, 0.5) is 11.4 Å². The normalized spacial score (nSPS) is 19.9. The van der Waals surface area contributed by atoms with Crippen molar-refractivity contribution in [1.82, 2.24) is 0 Å². The number of nitrogen functional groups attached to an aromatic ring is 1. The molecular formula is C11H15ClN2O3S. The maximum absolute atomic E-state index is 11.9. The first-order valence-electron chi connectivity index (χ1n) is 5.63. The first-order chi connectivity index (χ1) is 8.46. The van der Waals surface area contributed by atoms with E-state index in [0.717, 1.165) is 12.8 Å². The second kappa shape index (κ2) is 5.34. The van der Waals surface area contributed by atoms with Gasteiger partial charge in [-0.2, -0.15) is 0 Å². The highest BCUT2D eigenvalue weighted by Gasteiger charge is 2.23. The summed E-state index contributed by atoms with van der Waals surface area (Å²) >= 11 is 5.91. The van der Waals surface area contributed by atoms with Gasteiger partial charge in [0.25, 0.3) is 0 Å². The third-order valence-corrected chi connectivity index (χ3v) is 4.36. The molecule has 100 valence electrons. The van der Waals surface area contributed by atoms with Gasteiger partial charge in [-0.1, -0.05) is 11.6 Å². The lowest BCUT2D eigenvalue weighted by Crippen LogP contribution is -2.25. The van der Waals surface area contributed by atoms with Crippen molar-refractivity contribution in [3.63, 3.8) is 0 Å². The Labute approximate surface area is 111 Å². The average Bonchev–Trinajstić information content (AvgIpc) is 2.75. The Bertz CT molecular complexity index is 527. The molecule has 5 nitrogen and oxygen atoms in total. The number of halogens is 1. The molecule has 1 heterocycles. The van der Waals surface area contributed by atoms with Crippen molar-refractivity contribution in [2.24, 2.45) is 0 Å². The first kappa shape index (κ1) is 13.5. The first-order valence-corrected chi connectivity index (χ1v) is 7.66. The smallest absolute Gasteiger partial charge is 0.235 e. The van der Waals surface area contributed by atoms with E-state index in [0.29, 0.717) is 23.0 Å². The summed E-state index contributed by atoms with van der Waals surface area (Å²) in [4.78, 5) is 0. The van der Waals surface area contributed by atoms with Crippen LogP contribution in [-0.2, 0) is 14.8 Å². The van der Waals surface area contributed by atoms with Gasteiger partial charge >= 0.3 is 0 Å². The number of hydrogen-bond acceptors (Lipinski definition) is 4. The van der Waals surface area contributed by atoms with Crippen molar-refractivity contribution in [3.8, 4) is 0 Å². The molecule has 2 rings (SSSR count). The minimum absolute atomic E-state index is 0.0574. The molecule has 0 aliphatic carbocycles. The van der Waals surface area contributed by atoms with Gasteiger partial charge in [-0.15, -0.1) is 0 Å². The molecule has 0 spiro atoms. The van der Waals surface area contributed by atoms with E-state index in [4.69, 9.17) is 22.1 Å². The summed E-state index contributed by atoms with van der Waals surface area (Å²) in [5, 5.41) is 0.320. The molecule has 3 N–H and O–H groups in total. The van der Waals surface area contributed by atoms with E-state index in [2.05, 4.69) is 4.72 Å². The Morgan fingerprint density at radius 2 is 2.28 bits per heavy atom. The second-order valence-electron chi connectivity index (χ2n) is 4.26. The minimum Gasteiger partial charge on any atom is -0.399 e. The van der Waals surface area contributed by atoms with Crippen LogP contribution in [0, 0.1) is 0 Å². The molecule has 1 atom stereocenters. The van der Waals surface area contributed by atoms with Gasteiger partial charge in [-0.3, -0.25) is 4.72 Å². The Morgan fingerprint density at radius 3 is 2.94 bits per heavy atom. The molecule has 18 heavy (non-hydrogen) atoms. The van der Waals surface area contributed by atoms with Crippen LogP contribution in [0.3, 0.4) is 0 Å². The van der Waals surface area contributed by atoms with Gasteiger partial charge in [0.05, 0.1) is 22.6 Å². The summed E-state index contributed by atoms with van der Waals surface area (Å²) in [6, 6.07) is 4.66. The number of nitrogens with two attached hydrogens (primary N) is 1. The second-order valence-corrected chi connectivity index (χ2v) is 6.43. The maximum Gasteiger partial charge on any atom is 0.235 e. The molecule has 0 aromatic heterocycles. The Morgan fingerprint density at radius 1 is 1.50 bits per heavy atom. The third kappa shape index (κ3) is 3.51. The van der Waals surface area contributed by atoms with E-state index in [1.807, 2.05) is 0 Å². The minimum atomic E-state index is -3.47. The van der Waals surface area contributed by atoms with Gasteiger partial charge in [0.2, 0.25) is 10.0 Å². The molecule has 0 bridgehead atoms. The summed E-state index contributed by atoms with van der Waals surface area (Å²) in [5.74, 6) is -0.0574. The molecule has 1 fully saturated rings. The van der Waals surface area contributed by atoms with Gasteiger partial charge in [0.15, 0.2) is 0 Å². The van der Waals surface area contributed by atoms with Crippen LogP contribution in [-0.4, -0.2) is 26.9 Å². The molecular weight excluding hydrogens is 276 g/mol. The molecule has 1 aromatic carbocycles. The zero-order valence-electron chi connectivity index (χ0n) is 9.73. The van der Waals surface area contributed by atoms with Gasteiger partial charge in [0, 0.05) is 12.3 Å². The summed E-state index contributed by atoms with van der Waals surface area (Å²) < 4.78 is 31.6. The highest BCUT2D eigenvalue weighted by Crippen LogP contribution is 2.25. The quantitative estimate of drug-likeness (QED) is 0.829. The van der Waals surface area contributed by atoms with Crippen molar-refractivity contribution < 1.29 is 13.2 Å². The SMILES string of the molecule is Nc1ccc(Cl)c(NS(=O)(=O)CC2CCCO2)c1. The number of ether oxygens (including phenoxy) is 1.